The van der Waals surface area contributed by atoms with Crippen molar-refractivity contribution in [3.8, 4) is 0 Å². The average Bonchev–Trinajstić information content (AvgIpc) is 2.90. The lowest BCUT2D eigenvalue weighted by Crippen LogP contribution is -2.34. The number of amides is 1. The Morgan fingerprint density at radius 1 is 1.24 bits per heavy atom. The molecule has 1 aliphatic carbocycles. The normalized spacial score (nSPS) is 17.5. The predicted molar refractivity (Wildman–Crippen MR) is 85.4 cm³/mol. The summed E-state index contributed by atoms with van der Waals surface area (Å²) < 4.78 is 5.35. The number of benzene rings is 1. The molecule has 1 fully saturated rings. The highest BCUT2D eigenvalue weighted by atomic mass is 16.6. The predicted octanol–water partition coefficient (Wildman–Crippen LogP) is 4.93. The first-order valence-corrected chi connectivity index (χ1v) is 7.95. The summed E-state index contributed by atoms with van der Waals surface area (Å²) in [7, 11) is 0. The number of alkyl carbamates (subject to hydrolysis) is 1. The minimum absolute atomic E-state index is 0.0309. The molecule has 0 bridgehead atoms. The first-order valence-electron chi connectivity index (χ1n) is 7.95. The van der Waals surface area contributed by atoms with E-state index in [1.54, 1.807) is 0 Å². The lowest BCUT2D eigenvalue weighted by molar-refractivity contribution is 0.0507. The van der Waals surface area contributed by atoms with Crippen LogP contribution in [0.4, 0.5) is 4.79 Å². The molecule has 3 heteroatoms. The molecule has 0 aliphatic heterocycles. The molecule has 0 unspecified atom stereocenters. The van der Waals surface area contributed by atoms with Crippen LogP contribution < -0.4 is 5.32 Å². The van der Waals surface area contributed by atoms with E-state index in [0.29, 0.717) is 5.92 Å². The highest BCUT2D eigenvalue weighted by Gasteiger charge is 2.23. The smallest absolute Gasteiger partial charge is 0.408 e. The molecule has 1 aromatic carbocycles. The zero-order valence-corrected chi connectivity index (χ0v) is 13.6. The van der Waals surface area contributed by atoms with Gasteiger partial charge in [-0.2, -0.15) is 0 Å². The van der Waals surface area contributed by atoms with Crippen LogP contribution in [0.5, 0.6) is 0 Å². The summed E-state index contributed by atoms with van der Waals surface area (Å²) >= 11 is 0. The maximum atomic E-state index is 11.9. The summed E-state index contributed by atoms with van der Waals surface area (Å²) in [6.07, 6.45) is 4.79. The second-order valence-electron chi connectivity index (χ2n) is 6.98. The van der Waals surface area contributed by atoms with Gasteiger partial charge in [-0.05, 0) is 57.6 Å². The fourth-order valence-corrected chi connectivity index (χ4v) is 3.08. The number of ether oxygens (including phenoxy) is 1. The Bertz CT molecular complexity index is 484. The topological polar surface area (TPSA) is 38.3 Å². The van der Waals surface area contributed by atoms with Crippen molar-refractivity contribution in [2.24, 2.45) is 0 Å². The van der Waals surface area contributed by atoms with E-state index < -0.39 is 5.60 Å². The van der Waals surface area contributed by atoms with Crippen molar-refractivity contribution in [1.82, 2.24) is 5.32 Å². The highest BCUT2D eigenvalue weighted by molar-refractivity contribution is 5.68. The van der Waals surface area contributed by atoms with Gasteiger partial charge in [0.15, 0.2) is 0 Å². The van der Waals surface area contributed by atoms with Gasteiger partial charge in [0.25, 0.3) is 0 Å². The van der Waals surface area contributed by atoms with Crippen LogP contribution in [0.1, 0.15) is 76.5 Å². The van der Waals surface area contributed by atoms with E-state index in [2.05, 4.69) is 23.5 Å². The summed E-state index contributed by atoms with van der Waals surface area (Å²) in [5, 5.41) is 2.96. The molecule has 1 atom stereocenters. The zero-order chi connectivity index (χ0) is 15.5. The first kappa shape index (κ1) is 15.9. The largest absolute Gasteiger partial charge is 0.444 e. The minimum Gasteiger partial charge on any atom is -0.444 e. The molecule has 2 rings (SSSR count). The number of hydrogen-bond acceptors (Lipinski definition) is 2. The first-order chi connectivity index (χ1) is 9.87. The van der Waals surface area contributed by atoms with Gasteiger partial charge >= 0.3 is 6.09 Å². The Hall–Kier alpha value is -1.51. The van der Waals surface area contributed by atoms with Crippen LogP contribution in [-0.2, 0) is 4.74 Å². The van der Waals surface area contributed by atoms with Crippen LogP contribution in [0.2, 0.25) is 0 Å². The molecular weight excluding hydrogens is 262 g/mol. The van der Waals surface area contributed by atoms with E-state index in [0.717, 1.165) is 0 Å². The van der Waals surface area contributed by atoms with E-state index in [4.69, 9.17) is 4.74 Å². The van der Waals surface area contributed by atoms with Crippen molar-refractivity contribution in [3.63, 3.8) is 0 Å². The maximum absolute atomic E-state index is 11.9. The molecule has 0 spiro atoms. The lowest BCUT2D eigenvalue weighted by atomic mass is 9.90. The Morgan fingerprint density at radius 3 is 2.48 bits per heavy atom. The summed E-state index contributed by atoms with van der Waals surface area (Å²) in [6.45, 7) is 7.66. The molecule has 21 heavy (non-hydrogen) atoms. The molecule has 3 nitrogen and oxygen atoms in total. The van der Waals surface area contributed by atoms with Crippen molar-refractivity contribution in [2.45, 2.75) is 70.9 Å². The van der Waals surface area contributed by atoms with E-state index in [9.17, 15) is 4.79 Å². The van der Waals surface area contributed by atoms with Crippen molar-refractivity contribution in [1.29, 1.82) is 0 Å². The quantitative estimate of drug-likeness (QED) is 0.856. The number of carbonyl (C=O) groups excluding carboxylic acids is 1. The maximum Gasteiger partial charge on any atom is 0.408 e. The number of carbonyl (C=O) groups is 1. The minimum atomic E-state index is -0.464. The fraction of sp³-hybridized carbons (Fsp3) is 0.611. The van der Waals surface area contributed by atoms with E-state index >= 15 is 0 Å². The zero-order valence-electron chi connectivity index (χ0n) is 13.6. The molecule has 116 valence electrons. The van der Waals surface area contributed by atoms with Crippen molar-refractivity contribution in [3.05, 3.63) is 35.4 Å². The van der Waals surface area contributed by atoms with Gasteiger partial charge in [-0.25, -0.2) is 4.79 Å². The molecule has 1 aromatic rings. The van der Waals surface area contributed by atoms with Crippen LogP contribution in [0, 0.1) is 0 Å². The Balaban J connectivity index is 2.08. The van der Waals surface area contributed by atoms with Gasteiger partial charge in [0.2, 0.25) is 0 Å². The van der Waals surface area contributed by atoms with Gasteiger partial charge in [-0.15, -0.1) is 0 Å². The number of nitrogens with one attached hydrogen (secondary N) is 1. The van der Waals surface area contributed by atoms with Crippen LogP contribution in [0.3, 0.4) is 0 Å². The molecular formula is C18H27NO2. The molecule has 1 aliphatic rings. The third-order valence-electron chi connectivity index (χ3n) is 3.99. The molecule has 1 N–H and O–H groups in total. The van der Waals surface area contributed by atoms with Crippen LogP contribution >= 0.6 is 0 Å². The molecule has 0 heterocycles. The number of rotatable bonds is 3. The summed E-state index contributed by atoms with van der Waals surface area (Å²) in [5.41, 5.74) is 2.14. The van der Waals surface area contributed by atoms with Gasteiger partial charge < -0.3 is 10.1 Å². The third kappa shape index (κ3) is 4.48. The van der Waals surface area contributed by atoms with E-state index in [-0.39, 0.29) is 12.1 Å². The van der Waals surface area contributed by atoms with Crippen molar-refractivity contribution in [2.75, 3.05) is 0 Å². The Morgan fingerprint density at radius 2 is 1.86 bits per heavy atom. The second kappa shape index (κ2) is 6.50. The van der Waals surface area contributed by atoms with Gasteiger partial charge in [-0.3, -0.25) is 0 Å². The molecule has 0 saturated heterocycles. The van der Waals surface area contributed by atoms with Crippen LogP contribution in [0.25, 0.3) is 0 Å². The summed E-state index contributed by atoms with van der Waals surface area (Å²) in [4.78, 5) is 11.9. The SMILES string of the molecule is C[C@H](NC(=O)OC(C)(C)C)c1ccccc1C1CCCC1. The Kier molecular flexibility index (Phi) is 4.92. The highest BCUT2D eigenvalue weighted by Crippen LogP contribution is 2.37. The average molecular weight is 289 g/mol. The van der Waals surface area contributed by atoms with Gasteiger partial charge in [0, 0.05) is 0 Å². The van der Waals surface area contributed by atoms with Crippen molar-refractivity contribution < 1.29 is 9.53 Å². The van der Waals surface area contributed by atoms with Crippen molar-refractivity contribution >= 4 is 6.09 Å². The lowest BCUT2D eigenvalue weighted by Gasteiger charge is -2.24. The van der Waals surface area contributed by atoms with E-state index in [1.807, 2.05) is 33.8 Å². The monoisotopic (exact) mass is 289 g/mol. The fourth-order valence-electron chi connectivity index (χ4n) is 3.08. The number of hydrogen-bond donors (Lipinski definition) is 1. The summed E-state index contributed by atoms with van der Waals surface area (Å²) in [5.74, 6) is 0.643. The van der Waals surface area contributed by atoms with Crippen LogP contribution in [-0.4, -0.2) is 11.7 Å². The molecule has 1 saturated carbocycles. The van der Waals surface area contributed by atoms with Crippen LogP contribution in [0.15, 0.2) is 24.3 Å². The second-order valence-corrected chi connectivity index (χ2v) is 6.98. The van der Waals surface area contributed by atoms with Gasteiger partial charge in [0.05, 0.1) is 6.04 Å². The Labute approximate surface area is 128 Å². The molecule has 1 amide bonds. The van der Waals surface area contributed by atoms with Gasteiger partial charge in [-0.1, -0.05) is 37.1 Å². The van der Waals surface area contributed by atoms with E-state index in [1.165, 1.54) is 36.8 Å². The third-order valence-corrected chi connectivity index (χ3v) is 3.99. The standard InChI is InChI=1S/C18H27NO2/c1-13(19-17(20)21-18(2,3)4)15-11-7-8-12-16(15)14-9-5-6-10-14/h7-8,11-14H,5-6,9-10H2,1-4H3,(H,19,20)/t13-/m0/s1. The molecule has 0 aromatic heterocycles. The van der Waals surface area contributed by atoms with Gasteiger partial charge in [0.1, 0.15) is 5.60 Å². The molecule has 0 radical (unpaired) electrons. The summed E-state index contributed by atoms with van der Waals surface area (Å²) in [6, 6.07) is 8.43.